The number of hydrogen-bond acceptors (Lipinski definition) is 3. The molecule has 1 aromatic heterocycles. The van der Waals surface area contributed by atoms with E-state index in [-0.39, 0.29) is 0 Å². The molecular weight excluding hydrogens is 224 g/mol. The van der Waals surface area contributed by atoms with E-state index < -0.39 is 0 Å². The van der Waals surface area contributed by atoms with Crippen LogP contribution in [0.5, 0.6) is 5.75 Å². The van der Waals surface area contributed by atoms with Crippen molar-refractivity contribution in [1.29, 1.82) is 0 Å². The predicted molar refractivity (Wildman–Crippen MR) is 71.6 cm³/mol. The summed E-state index contributed by atoms with van der Waals surface area (Å²) in [5.41, 5.74) is 2.26. The summed E-state index contributed by atoms with van der Waals surface area (Å²) in [6.45, 7) is 1.83. The Morgan fingerprint density at radius 3 is 2.72 bits per heavy atom. The first kappa shape index (κ1) is 11.2. The highest BCUT2D eigenvalue weighted by molar-refractivity contribution is 5.63. The number of pyridine rings is 1. The summed E-state index contributed by atoms with van der Waals surface area (Å²) < 4.78 is 5.75. The van der Waals surface area contributed by atoms with E-state index in [9.17, 15) is 0 Å². The number of rotatable bonds is 4. The zero-order valence-corrected chi connectivity index (χ0v) is 10.2. The number of ether oxygens (including phenoxy) is 1. The second-order valence-electron chi connectivity index (χ2n) is 4.53. The van der Waals surface area contributed by atoms with Crippen molar-refractivity contribution in [2.75, 3.05) is 13.2 Å². The quantitative estimate of drug-likeness (QED) is 0.891. The predicted octanol–water partition coefficient (Wildman–Crippen LogP) is 2.49. The fraction of sp³-hybridized carbons (Fsp3) is 0.267. The molecule has 3 rings (SSSR count). The van der Waals surface area contributed by atoms with Crippen LogP contribution in [0.2, 0.25) is 0 Å². The highest BCUT2D eigenvalue weighted by atomic mass is 16.5. The largest absolute Gasteiger partial charge is 0.490 e. The van der Waals surface area contributed by atoms with Crippen LogP contribution >= 0.6 is 0 Å². The molecule has 1 N–H and O–H groups in total. The van der Waals surface area contributed by atoms with Crippen LogP contribution in [0.1, 0.15) is 6.42 Å². The molecule has 3 nitrogen and oxygen atoms in total. The van der Waals surface area contributed by atoms with Crippen LogP contribution in [0.4, 0.5) is 0 Å². The Hall–Kier alpha value is -1.87. The van der Waals surface area contributed by atoms with Crippen LogP contribution in [-0.2, 0) is 0 Å². The van der Waals surface area contributed by atoms with Crippen LogP contribution in [0, 0.1) is 0 Å². The number of nitrogens with one attached hydrogen (secondary N) is 1. The molecule has 1 aromatic carbocycles. The normalized spacial score (nSPS) is 18.1. The second-order valence-corrected chi connectivity index (χ2v) is 4.53. The van der Waals surface area contributed by atoms with Gasteiger partial charge in [0.15, 0.2) is 0 Å². The lowest BCUT2D eigenvalue weighted by atomic mass is 10.1. The highest BCUT2D eigenvalue weighted by Crippen LogP contribution is 2.22. The fourth-order valence-electron chi connectivity index (χ4n) is 1.97. The summed E-state index contributed by atoms with van der Waals surface area (Å²) >= 11 is 0. The SMILES string of the molecule is c1ccc(-c2cncc(OCC3CCN3)c2)cc1. The first-order valence-electron chi connectivity index (χ1n) is 6.28. The van der Waals surface area contributed by atoms with Crippen LogP contribution in [0.3, 0.4) is 0 Å². The second kappa shape index (κ2) is 5.19. The van der Waals surface area contributed by atoms with Gasteiger partial charge in [0, 0.05) is 17.8 Å². The fourth-order valence-corrected chi connectivity index (χ4v) is 1.97. The number of nitrogens with zero attached hydrogens (tertiary/aromatic N) is 1. The lowest BCUT2D eigenvalue weighted by molar-refractivity contribution is 0.217. The third-order valence-electron chi connectivity index (χ3n) is 3.20. The van der Waals surface area contributed by atoms with Gasteiger partial charge in [0.2, 0.25) is 0 Å². The molecule has 0 aliphatic carbocycles. The standard InChI is InChI=1S/C15H16N2O/c1-2-4-12(5-3-1)13-8-15(10-16-9-13)18-11-14-6-7-17-14/h1-5,8-10,14,17H,6-7,11H2. The summed E-state index contributed by atoms with van der Waals surface area (Å²) in [5, 5.41) is 3.32. The van der Waals surface area contributed by atoms with E-state index in [0.29, 0.717) is 6.04 Å². The average molecular weight is 240 g/mol. The Labute approximate surface area is 107 Å². The molecule has 1 aliphatic heterocycles. The van der Waals surface area contributed by atoms with Crippen LogP contribution in [0.15, 0.2) is 48.8 Å². The minimum atomic E-state index is 0.505. The number of benzene rings is 1. The third-order valence-corrected chi connectivity index (χ3v) is 3.20. The molecule has 0 radical (unpaired) electrons. The van der Waals surface area contributed by atoms with Crippen molar-refractivity contribution >= 4 is 0 Å². The molecule has 92 valence electrons. The van der Waals surface area contributed by atoms with Crippen LogP contribution in [0.25, 0.3) is 11.1 Å². The van der Waals surface area contributed by atoms with Crippen molar-refractivity contribution in [1.82, 2.24) is 10.3 Å². The molecule has 0 saturated carbocycles. The molecule has 0 amide bonds. The zero-order chi connectivity index (χ0) is 12.2. The molecule has 2 aromatic rings. The van der Waals surface area contributed by atoms with Gasteiger partial charge in [0.05, 0.1) is 6.20 Å². The van der Waals surface area contributed by atoms with E-state index in [1.165, 1.54) is 6.42 Å². The van der Waals surface area contributed by atoms with Gasteiger partial charge in [-0.25, -0.2) is 0 Å². The maximum absolute atomic E-state index is 5.75. The van der Waals surface area contributed by atoms with Gasteiger partial charge in [0.1, 0.15) is 12.4 Å². The topological polar surface area (TPSA) is 34.1 Å². The van der Waals surface area contributed by atoms with E-state index in [4.69, 9.17) is 4.74 Å². The monoisotopic (exact) mass is 240 g/mol. The van der Waals surface area contributed by atoms with Gasteiger partial charge in [-0.2, -0.15) is 0 Å². The first-order valence-corrected chi connectivity index (χ1v) is 6.28. The zero-order valence-electron chi connectivity index (χ0n) is 10.2. The van der Waals surface area contributed by atoms with Crippen LogP contribution < -0.4 is 10.1 Å². The lowest BCUT2D eigenvalue weighted by Gasteiger charge is -2.27. The molecule has 1 aliphatic rings. The lowest BCUT2D eigenvalue weighted by Crippen LogP contribution is -2.46. The minimum absolute atomic E-state index is 0.505. The molecule has 1 saturated heterocycles. The van der Waals surface area contributed by atoms with E-state index in [1.807, 2.05) is 30.5 Å². The average Bonchev–Trinajstić information content (AvgIpc) is 2.38. The van der Waals surface area contributed by atoms with Gasteiger partial charge in [-0.3, -0.25) is 4.98 Å². The highest BCUT2D eigenvalue weighted by Gasteiger charge is 2.16. The Morgan fingerprint density at radius 2 is 2.00 bits per heavy atom. The van der Waals surface area contributed by atoms with Gasteiger partial charge in [-0.05, 0) is 24.6 Å². The van der Waals surface area contributed by atoms with Crippen LogP contribution in [-0.4, -0.2) is 24.2 Å². The first-order chi connectivity index (χ1) is 8.92. The summed E-state index contributed by atoms with van der Waals surface area (Å²) in [7, 11) is 0. The molecule has 2 heterocycles. The van der Waals surface area contributed by atoms with Gasteiger partial charge in [0.25, 0.3) is 0 Å². The van der Waals surface area contributed by atoms with Gasteiger partial charge in [-0.1, -0.05) is 30.3 Å². The maximum Gasteiger partial charge on any atom is 0.138 e. The Bertz CT molecular complexity index is 509. The Kier molecular flexibility index (Phi) is 3.24. The smallest absolute Gasteiger partial charge is 0.138 e. The molecule has 1 atom stereocenters. The van der Waals surface area contributed by atoms with E-state index in [1.54, 1.807) is 6.20 Å². The summed E-state index contributed by atoms with van der Waals surface area (Å²) in [6.07, 6.45) is 4.83. The number of aromatic nitrogens is 1. The molecule has 18 heavy (non-hydrogen) atoms. The van der Waals surface area contributed by atoms with E-state index >= 15 is 0 Å². The van der Waals surface area contributed by atoms with E-state index in [2.05, 4.69) is 22.4 Å². The van der Waals surface area contributed by atoms with Crippen molar-refractivity contribution in [3.8, 4) is 16.9 Å². The number of hydrogen-bond donors (Lipinski definition) is 1. The summed E-state index contributed by atoms with van der Waals surface area (Å²) in [6, 6.07) is 12.8. The Balaban J connectivity index is 1.72. The summed E-state index contributed by atoms with van der Waals surface area (Å²) in [4.78, 5) is 4.24. The molecule has 3 heteroatoms. The molecular formula is C15H16N2O. The third kappa shape index (κ3) is 2.51. The van der Waals surface area contributed by atoms with Gasteiger partial charge < -0.3 is 10.1 Å². The Morgan fingerprint density at radius 1 is 1.17 bits per heavy atom. The van der Waals surface area contributed by atoms with Crippen molar-refractivity contribution in [2.24, 2.45) is 0 Å². The summed E-state index contributed by atoms with van der Waals surface area (Å²) in [5.74, 6) is 0.838. The minimum Gasteiger partial charge on any atom is -0.490 e. The molecule has 1 fully saturated rings. The van der Waals surface area contributed by atoms with Gasteiger partial charge in [-0.15, -0.1) is 0 Å². The van der Waals surface area contributed by atoms with Crippen molar-refractivity contribution in [2.45, 2.75) is 12.5 Å². The molecule has 0 bridgehead atoms. The maximum atomic E-state index is 5.75. The molecule has 1 unspecified atom stereocenters. The van der Waals surface area contributed by atoms with Crippen molar-refractivity contribution in [3.63, 3.8) is 0 Å². The van der Waals surface area contributed by atoms with Crippen molar-refractivity contribution in [3.05, 3.63) is 48.8 Å². The van der Waals surface area contributed by atoms with Gasteiger partial charge >= 0.3 is 0 Å². The van der Waals surface area contributed by atoms with Crippen molar-refractivity contribution < 1.29 is 4.74 Å². The molecule has 0 spiro atoms. The van der Waals surface area contributed by atoms with E-state index in [0.717, 1.165) is 30.0 Å².